The van der Waals surface area contributed by atoms with Crippen LogP contribution in [0.1, 0.15) is 15.9 Å². The Morgan fingerprint density at radius 3 is 2.55 bits per heavy atom. The lowest BCUT2D eigenvalue weighted by atomic mass is 10.0. The average Bonchev–Trinajstić information content (AvgIpc) is 2.53. The molecule has 0 amide bonds. The van der Waals surface area contributed by atoms with Gasteiger partial charge in [-0.1, -0.05) is 35.3 Å². The molecular formula is C16H14Cl3NO2. The summed E-state index contributed by atoms with van der Waals surface area (Å²) >= 11 is 17.6. The first-order valence-electron chi connectivity index (χ1n) is 6.59. The summed E-state index contributed by atoms with van der Waals surface area (Å²) in [4.78, 5) is 12.7. The van der Waals surface area contributed by atoms with E-state index in [1.807, 2.05) is 0 Å². The number of aliphatic hydroxyl groups excluding tert-OH is 1. The lowest BCUT2D eigenvalue weighted by Gasteiger charge is -2.14. The van der Waals surface area contributed by atoms with Crippen LogP contribution in [0.4, 0.5) is 5.69 Å². The largest absolute Gasteiger partial charge is 0.390 e. The quantitative estimate of drug-likeness (QED) is 0.600. The van der Waals surface area contributed by atoms with Crippen LogP contribution in [0.3, 0.4) is 0 Å². The van der Waals surface area contributed by atoms with Gasteiger partial charge in [-0.05, 0) is 30.3 Å². The second-order valence-corrected chi connectivity index (χ2v) is 5.84. The highest BCUT2D eigenvalue weighted by atomic mass is 35.5. The third-order valence-electron chi connectivity index (χ3n) is 3.05. The fraction of sp³-hybridized carbons (Fsp3) is 0.188. The molecule has 0 bridgehead atoms. The maximum Gasteiger partial charge on any atom is 0.196 e. The number of halogens is 3. The van der Waals surface area contributed by atoms with Gasteiger partial charge in [-0.3, -0.25) is 4.79 Å². The summed E-state index contributed by atoms with van der Waals surface area (Å²) < 4.78 is 0. The third-order valence-corrected chi connectivity index (χ3v) is 3.97. The summed E-state index contributed by atoms with van der Waals surface area (Å²) in [7, 11) is 0. The van der Waals surface area contributed by atoms with Crippen molar-refractivity contribution in [3.05, 3.63) is 63.6 Å². The molecule has 0 radical (unpaired) electrons. The molecule has 1 atom stereocenters. The SMILES string of the molecule is O=C(c1ccccc1Cl)c1cc(Cl)ccc1NCC(O)CCl. The highest BCUT2D eigenvalue weighted by molar-refractivity contribution is 6.35. The second-order valence-electron chi connectivity index (χ2n) is 4.69. The van der Waals surface area contributed by atoms with Gasteiger partial charge >= 0.3 is 0 Å². The number of hydrogen-bond donors (Lipinski definition) is 2. The van der Waals surface area contributed by atoms with Gasteiger partial charge in [0.2, 0.25) is 0 Å². The van der Waals surface area contributed by atoms with Crippen molar-refractivity contribution in [3.63, 3.8) is 0 Å². The number of carbonyl (C=O) groups is 1. The molecule has 1 unspecified atom stereocenters. The van der Waals surface area contributed by atoms with Crippen LogP contribution < -0.4 is 5.32 Å². The lowest BCUT2D eigenvalue weighted by molar-refractivity contribution is 0.103. The van der Waals surface area contributed by atoms with Gasteiger partial charge in [-0.15, -0.1) is 11.6 Å². The zero-order valence-electron chi connectivity index (χ0n) is 11.5. The summed E-state index contributed by atoms with van der Waals surface area (Å²) in [5.74, 6) is -0.134. The molecule has 2 aromatic carbocycles. The second kappa shape index (κ2) is 7.84. The van der Waals surface area contributed by atoms with E-state index < -0.39 is 6.10 Å². The molecule has 0 aromatic heterocycles. The first-order valence-corrected chi connectivity index (χ1v) is 7.88. The van der Waals surface area contributed by atoms with Crippen LogP contribution in [0.5, 0.6) is 0 Å². The minimum atomic E-state index is -0.708. The normalized spacial score (nSPS) is 12.0. The van der Waals surface area contributed by atoms with E-state index in [2.05, 4.69) is 5.32 Å². The van der Waals surface area contributed by atoms with Gasteiger partial charge in [-0.2, -0.15) is 0 Å². The molecule has 0 saturated heterocycles. The van der Waals surface area contributed by atoms with Gasteiger partial charge in [0.05, 0.1) is 17.0 Å². The van der Waals surface area contributed by atoms with Crippen molar-refractivity contribution >= 4 is 46.3 Å². The summed E-state index contributed by atoms with van der Waals surface area (Å²) in [5, 5.41) is 13.4. The molecule has 0 aliphatic carbocycles. The number of nitrogens with one attached hydrogen (secondary N) is 1. The van der Waals surface area contributed by atoms with E-state index >= 15 is 0 Å². The molecule has 2 N–H and O–H groups in total. The van der Waals surface area contributed by atoms with Crippen LogP contribution in [-0.2, 0) is 0 Å². The van der Waals surface area contributed by atoms with Crippen molar-refractivity contribution in [1.29, 1.82) is 0 Å². The van der Waals surface area contributed by atoms with E-state index in [-0.39, 0.29) is 18.2 Å². The van der Waals surface area contributed by atoms with Crippen LogP contribution in [0.15, 0.2) is 42.5 Å². The standard InChI is InChI=1S/C16H14Cl3NO2/c17-8-11(21)9-20-15-6-5-10(18)7-13(15)16(22)12-3-1-2-4-14(12)19/h1-7,11,20-21H,8-9H2. The van der Waals surface area contributed by atoms with E-state index in [1.165, 1.54) is 0 Å². The van der Waals surface area contributed by atoms with Crippen molar-refractivity contribution < 1.29 is 9.90 Å². The molecule has 22 heavy (non-hydrogen) atoms. The molecular weight excluding hydrogens is 345 g/mol. The molecule has 6 heteroatoms. The molecule has 0 saturated carbocycles. The molecule has 2 aromatic rings. The Bertz CT molecular complexity index is 676. The zero-order chi connectivity index (χ0) is 16.1. The Labute approximate surface area is 143 Å². The number of benzene rings is 2. The van der Waals surface area contributed by atoms with Crippen LogP contribution >= 0.6 is 34.8 Å². The van der Waals surface area contributed by atoms with Crippen LogP contribution in [0.2, 0.25) is 10.0 Å². The summed E-state index contributed by atoms with van der Waals surface area (Å²) in [6.07, 6.45) is -0.708. The van der Waals surface area contributed by atoms with Crippen molar-refractivity contribution in [3.8, 4) is 0 Å². The van der Waals surface area contributed by atoms with E-state index in [4.69, 9.17) is 34.8 Å². The highest BCUT2D eigenvalue weighted by Gasteiger charge is 2.17. The maximum atomic E-state index is 12.7. The maximum absolute atomic E-state index is 12.7. The molecule has 116 valence electrons. The fourth-order valence-electron chi connectivity index (χ4n) is 1.93. The van der Waals surface area contributed by atoms with E-state index in [0.717, 1.165) is 0 Å². The van der Waals surface area contributed by atoms with Crippen LogP contribution in [-0.4, -0.2) is 29.4 Å². The number of ketones is 1. The number of alkyl halides is 1. The van der Waals surface area contributed by atoms with Gasteiger partial charge in [-0.25, -0.2) is 0 Å². The molecule has 0 aliphatic heterocycles. The summed E-state index contributed by atoms with van der Waals surface area (Å²) in [6.45, 7) is 0.230. The fourth-order valence-corrected chi connectivity index (χ4v) is 2.43. The molecule has 3 nitrogen and oxygen atoms in total. The Balaban J connectivity index is 2.35. The van der Waals surface area contributed by atoms with Crippen molar-refractivity contribution in [2.45, 2.75) is 6.10 Å². The average molecular weight is 359 g/mol. The summed E-state index contributed by atoms with van der Waals surface area (Å²) in [6, 6.07) is 11.7. The number of rotatable bonds is 6. The molecule has 0 spiro atoms. The van der Waals surface area contributed by atoms with Crippen LogP contribution in [0, 0.1) is 0 Å². The van der Waals surface area contributed by atoms with Crippen molar-refractivity contribution in [2.75, 3.05) is 17.7 Å². The number of anilines is 1. The van der Waals surface area contributed by atoms with Crippen molar-refractivity contribution in [1.82, 2.24) is 0 Å². The third kappa shape index (κ3) is 4.14. The van der Waals surface area contributed by atoms with Crippen molar-refractivity contribution in [2.24, 2.45) is 0 Å². The Hall–Kier alpha value is -1.26. The van der Waals surface area contributed by atoms with E-state index in [0.29, 0.717) is 26.9 Å². The Morgan fingerprint density at radius 2 is 1.86 bits per heavy atom. The number of aliphatic hydroxyl groups is 1. The van der Waals surface area contributed by atoms with Crippen LogP contribution in [0.25, 0.3) is 0 Å². The van der Waals surface area contributed by atoms with Gasteiger partial charge in [0.1, 0.15) is 0 Å². The van der Waals surface area contributed by atoms with E-state index in [9.17, 15) is 9.90 Å². The first kappa shape index (κ1) is 17.1. The van der Waals surface area contributed by atoms with Gasteiger partial charge in [0.25, 0.3) is 0 Å². The molecule has 2 rings (SSSR count). The minimum Gasteiger partial charge on any atom is -0.390 e. The zero-order valence-corrected chi connectivity index (χ0v) is 13.8. The molecule has 0 aliphatic rings. The molecule has 0 heterocycles. The monoisotopic (exact) mass is 357 g/mol. The smallest absolute Gasteiger partial charge is 0.196 e. The molecule has 0 fully saturated rings. The summed E-state index contributed by atoms with van der Waals surface area (Å²) in [5.41, 5.74) is 1.35. The topological polar surface area (TPSA) is 49.3 Å². The lowest BCUT2D eigenvalue weighted by Crippen LogP contribution is -2.22. The minimum absolute atomic E-state index is 0.106. The predicted octanol–water partition coefficient (Wildman–Crippen LogP) is 4.24. The predicted molar refractivity (Wildman–Crippen MR) is 91.6 cm³/mol. The van der Waals surface area contributed by atoms with Gasteiger partial charge in [0.15, 0.2) is 5.78 Å². The van der Waals surface area contributed by atoms with E-state index in [1.54, 1.807) is 42.5 Å². The number of hydrogen-bond acceptors (Lipinski definition) is 3. The van der Waals surface area contributed by atoms with Gasteiger partial charge < -0.3 is 10.4 Å². The Kier molecular flexibility index (Phi) is 6.09. The highest BCUT2D eigenvalue weighted by Crippen LogP contribution is 2.26. The Morgan fingerprint density at radius 1 is 1.14 bits per heavy atom. The first-order chi connectivity index (χ1) is 10.5. The van der Waals surface area contributed by atoms with Gasteiger partial charge in [0, 0.05) is 28.4 Å². The number of carbonyl (C=O) groups excluding carboxylic acids is 1.